The molecule has 6 heteroatoms. The maximum Gasteiger partial charge on any atom is 0.255 e. The van der Waals surface area contributed by atoms with E-state index in [2.05, 4.69) is 5.32 Å². The molecule has 0 atom stereocenters. The minimum absolute atomic E-state index is 0.151. The Bertz CT molecular complexity index is 1330. The van der Waals surface area contributed by atoms with Crippen molar-refractivity contribution in [2.45, 2.75) is 13.8 Å². The molecule has 6 nitrogen and oxygen atoms in total. The van der Waals surface area contributed by atoms with Gasteiger partial charge in [-0.15, -0.1) is 0 Å². The van der Waals surface area contributed by atoms with Crippen molar-refractivity contribution in [1.82, 2.24) is 0 Å². The zero-order valence-electron chi connectivity index (χ0n) is 17.0. The van der Waals surface area contributed by atoms with E-state index in [1.807, 2.05) is 32.0 Å². The quantitative estimate of drug-likeness (QED) is 0.462. The van der Waals surface area contributed by atoms with Crippen LogP contribution in [0.1, 0.15) is 37.6 Å². The highest BCUT2D eigenvalue weighted by Gasteiger charge is 2.20. The maximum absolute atomic E-state index is 12.9. The third kappa shape index (κ3) is 3.42. The van der Waals surface area contributed by atoms with Crippen molar-refractivity contribution < 1.29 is 23.5 Å². The second-order valence-corrected chi connectivity index (χ2v) is 7.48. The number of anilines is 1. The smallest absolute Gasteiger partial charge is 0.255 e. The minimum Gasteiger partial charge on any atom is -0.454 e. The van der Waals surface area contributed by atoms with Crippen molar-refractivity contribution in [3.05, 3.63) is 88.7 Å². The van der Waals surface area contributed by atoms with E-state index in [0.717, 1.165) is 16.5 Å². The molecule has 1 aliphatic heterocycles. The van der Waals surface area contributed by atoms with Gasteiger partial charge in [0.15, 0.2) is 17.3 Å². The summed E-state index contributed by atoms with van der Waals surface area (Å²) in [6.07, 6.45) is 0. The second-order valence-electron chi connectivity index (χ2n) is 7.48. The molecule has 1 aliphatic rings. The summed E-state index contributed by atoms with van der Waals surface area (Å²) in [5, 5.41) is 3.69. The molecule has 0 saturated heterocycles. The fraction of sp³-hybridized carbons (Fsp3) is 0.120. The molecule has 2 heterocycles. The SMILES string of the molecule is Cc1ccc(C(=O)c2oc3cc(NC(=O)c4ccc5c(c4)OCO5)ccc3c2C)cc1. The van der Waals surface area contributed by atoms with E-state index >= 15 is 0 Å². The highest BCUT2D eigenvalue weighted by molar-refractivity contribution is 6.11. The van der Waals surface area contributed by atoms with Crippen molar-refractivity contribution >= 4 is 28.3 Å². The number of carbonyl (C=O) groups excluding carboxylic acids is 2. The summed E-state index contributed by atoms with van der Waals surface area (Å²) in [5.74, 6) is 1.02. The third-order valence-corrected chi connectivity index (χ3v) is 5.35. The van der Waals surface area contributed by atoms with E-state index in [-0.39, 0.29) is 18.5 Å². The van der Waals surface area contributed by atoms with Gasteiger partial charge in [0.1, 0.15) is 5.58 Å². The first-order valence-electron chi connectivity index (χ1n) is 9.85. The molecular weight excluding hydrogens is 394 g/mol. The van der Waals surface area contributed by atoms with Crippen molar-refractivity contribution in [3.63, 3.8) is 0 Å². The van der Waals surface area contributed by atoms with Crippen LogP contribution in [0, 0.1) is 13.8 Å². The topological polar surface area (TPSA) is 77.8 Å². The van der Waals surface area contributed by atoms with Crippen molar-refractivity contribution in [2.24, 2.45) is 0 Å². The van der Waals surface area contributed by atoms with Gasteiger partial charge in [-0.25, -0.2) is 0 Å². The van der Waals surface area contributed by atoms with Crippen LogP contribution in [0.4, 0.5) is 5.69 Å². The monoisotopic (exact) mass is 413 g/mol. The van der Waals surface area contributed by atoms with Gasteiger partial charge in [0.25, 0.3) is 5.91 Å². The summed E-state index contributed by atoms with van der Waals surface area (Å²) >= 11 is 0. The lowest BCUT2D eigenvalue weighted by molar-refractivity contribution is 0.101. The Labute approximate surface area is 178 Å². The first-order valence-corrected chi connectivity index (χ1v) is 9.85. The number of benzene rings is 3. The molecule has 0 saturated carbocycles. The number of furan rings is 1. The zero-order chi connectivity index (χ0) is 21.5. The summed E-state index contributed by atoms with van der Waals surface area (Å²) in [7, 11) is 0. The molecule has 31 heavy (non-hydrogen) atoms. The molecule has 0 radical (unpaired) electrons. The van der Waals surface area contributed by atoms with Crippen LogP contribution in [0.2, 0.25) is 0 Å². The van der Waals surface area contributed by atoms with E-state index < -0.39 is 0 Å². The molecule has 0 fully saturated rings. The van der Waals surface area contributed by atoms with Crippen LogP contribution in [0.25, 0.3) is 11.0 Å². The van der Waals surface area contributed by atoms with Crippen molar-refractivity contribution in [1.29, 1.82) is 0 Å². The summed E-state index contributed by atoms with van der Waals surface area (Å²) in [4.78, 5) is 25.6. The fourth-order valence-electron chi connectivity index (χ4n) is 3.60. The molecule has 0 bridgehead atoms. The third-order valence-electron chi connectivity index (χ3n) is 5.35. The average molecular weight is 413 g/mol. The molecule has 1 N–H and O–H groups in total. The van der Waals surface area contributed by atoms with Gasteiger partial charge in [0.2, 0.25) is 12.6 Å². The zero-order valence-corrected chi connectivity index (χ0v) is 17.0. The lowest BCUT2D eigenvalue weighted by atomic mass is 10.0. The molecule has 0 aliphatic carbocycles. The van der Waals surface area contributed by atoms with Gasteiger partial charge in [-0.3, -0.25) is 9.59 Å². The number of nitrogens with one attached hydrogen (secondary N) is 1. The first-order chi connectivity index (χ1) is 15.0. The van der Waals surface area contributed by atoms with Gasteiger partial charge in [0, 0.05) is 33.8 Å². The van der Waals surface area contributed by atoms with Crippen molar-refractivity contribution in [3.8, 4) is 11.5 Å². The van der Waals surface area contributed by atoms with Gasteiger partial charge >= 0.3 is 0 Å². The van der Waals surface area contributed by atoms with E-state index in [4.69, 9.17) is 13.9 Å². The standard InChI is InChI=1S/C25H19NO5/c1-14-3-5-16(6-4-14)23(27)24-15(2)19-9-8-18(12-21(19)31-24)26-25(28)17-7-10-20-22(11-17)30-13-29-20/h3-12H,13H2,1-2H3,(H,26,28). The van der Waals surface area contributed by atoms with Gasteiger partial charge in [-0.2, -0.15) is 0 Å². The summed E-state index contributed by atoms with van der Waals surface area (Å²) in [5.41, 5.74) is 3.99. The number of hydrogen-bond acceptors (Lipinski definition) is 5. The number of amides is 1. The van der Waals surface area contributed by atoms with Crippen LogP contribution in [0.3, 0.4) is 0 Å². The second kappa shape index (κ2) is 7.32. The molecule has 154 valence electrons. The highest BCUT2D eigenvalue weighted by atomic mass is 16.7. The predicted molar refractivity (Wildman–Crippen MR) is 116 cm³/mol. The Morgan fingerprint density at radius 2 is 1.58 bits per heavy atom. The van der Waals surface area contributed by atoms with E-state index in [9.17, 15) is 9.59 Å². The molecular formula is C25H19NO5. The van der Waals surface area contributed by atoms with Crippen molar-refractivity contribution in [2.75, 3.05) is 12.1 Å². The Morgan fingerprint density at radius 1 is 0.839 bits per heavy atom. The van der Waals surface area contributed by atoms with Gasteiger partial charge in [-0.05, 0) is 44.2 Å². The van der Waals surface area contributed by atoms with Crippen LogP contribution in [-0.2, 0) is 0 Å². The lowest BCUT2D eigenvalue weighted by Gasteiger charge is -2.06. The van der Waals surface area contributed by atoms with E-state index in [1.54, 1.807) is 42.5 Å². The van der Waals surface area contributed by atoms with Crippen LogP contribution in [0.15, 0.2) is 65.1 Å². The van der Waals surface area contributed by atoms with E-state index in [0.29, 0.717) is 39.7 Å². The molecule has 5 rings (SSSR count). The highest BCUT2D eigenvalue weighted by Crippen LogP contribution is 2.33. The lowest BCUT2D eigenvalue weighted by Crippen LogP contribution is -2.11. The summed E-state index contributed by atoms with van der Waals surface area (Å²) in [6, 6.07) is 17.8. The molecule has 1 aromatic heterocycles. The summed E-state index contributed by atoms with van der Waals surface area (Å²) in [6.45, 7) is 3.98. The maximum atomic E-state index is 12.9. The number of rotatable bonds is 4. The van der Waals surface area contributed by atoms with Crippen LogP contribution < -0.4 is 14.8 Å². The Balaban J connectivity index is 1.42. The van der Waals surface area contributed by atoms with E-state index in [1.165, 1.54) is 0 Å². The summed E-state index contributed by atoms with van der Waals surface area (Å²) < 4.78 is 16.5. The molecule has 4 aromatic rings. The van der Waals surface area contributed by atoms with Crippen LogP contribution in [-0.4, -0.2) is 18.5 Å². The number of ether oxygens (including phenoxy) is 2. The first kappa shape index (κ1) is 18.9. The van der Waals surface area contributed by atoms with Crippen LogP contribution in [0.5, 0.6) is 11.5 Å². The predicted octanol–water partition coefficient (Wildman–Crippen LogP) is 5.26. The normalized spacial score (nSPS) is 12.2. The molecule has 0 unspecified atom stereocenters. The number of aryl methyl sites for hydroxylation is 2. The van der Waals surface area contributed by atoms with Gasteiger partial charge in [-0.1, -0.05) is 29.8 Å². The number of carbonyl (C=O) groups is 2. The number of fused-ring (bicyclic) bond motifs is 2. The average Bonchev–Trinajstić information content (AvgIpc) is 3.37. The number of hydrogen-bond donors (Lipinski definition) is 1. The Hall–Kier alpha value is -4.06. The Kier molecular flexibility index (Phi) is 4.47. The van der Waals surface area contributed by atoms with Crippen LogP contribution >= 0.6 is 0 Å². The number of ketones is 1. The Morgan fingerprint density at radius 3 is 2.39 bits per heavy atom. The molecule has 3 aromatic carbocycles. The molecule has 0 spiro atoms. The van der Waals surface area contributed by atoms with Gasteiger partial charge < -0.3 is 19.2 Å². The largest absolute Gasteiger partial charge is 0.454 e. The minimum atomic E-state index is -0.281. The van der Waals surface area contributed by atoms with Gasteiger partial charge in [0.05, 0.1) is 0 Å². The fourth-order valence-corrected chi connectivity index (χ4v) is 3.60. The molecule has 1 amide bonds.